The number of hydrogen-bond acceptors (Lipinski definition) is 2. The Labute approximate surface area is 85.1 Å². The topological polar surface area (TPSA) is 60.8 Å². The smallest absolute Gasteiger partial charge is 0.324 e. The van der Waals surface area contributed by atoms with Crippen LogP contribution in [0.5, 0.6) is 0 Å². The van der Waals surface area contributed by atoms with E-state index in [-0.39, 0.29) is 6.16 Å². The second kappa shape index (κ2) is 6.96. The zero-order chi connectivity index (χ0) is 11.0. The van der Waals surface area contributed by atoms with E-state index in [0.717, 1.165) is 0 Å². The summed E-state index contributed by atoms with van der Waals surface area (Å²) in [6, 6.07) is 0. The molecule has 0 unspecified atom stereocenters. The molecular weight excluding hydrogens is 201 g/mol. The lowest BCUT2D eigenvalue weighted by Gasteiger charge is -2.18. The Morgan fingerprint density at radius 2 is 1.71 bits per heavy atom. The van der Waals surface area contributed by atoms with Gasteiger partial charge in [-0.2, -0.15) is 0 Å². The Hall–Kier alpha value is -0.410. The minimum Gasteiger partial charge on any atom is -0.324 e. The van der Waals surface area contributed by atoms with Crippen molar-refractivity contribution in [2.24, 2.45) is 0 Å². The third-order valence-electron chi connectivity index (χ3n) is 1.70. The molecular formula is C9H18NO3P. The molecule has 0 rings (SSSR count). The molecule has 0 spiro atoms. The van der Waals surface area contributed by atoms with Crippen LogP contribution in [0.2, 0.25) is 0 Å². The summed E-state index contributed by atoms with van der Waals surface area (Å²) < 4.78 is 10.6. The molecule has 5 heteroatoms. The molecule has 0 aliphatic heterocycles. The van der Waals surface area contributed by atoms with Crippen molar-refractivity contribution in [2.45, 2.75) is 6.42 Å². The fraction of sp³-hybridized carbons (Fsp3) is 0.556. The first-order valence-corrected chi connectivity index (χ1v) is 6.28. The minimum atomic E-state index is -3.84. The fourth-order valence-corrected chi connectivity index (χ4v) is 1.68. The highest BCUT2D eigenvalue weighted by Gasteiger charge is 2.12. The van der Waals surface area contributed by atoms with Crippen molar-refractivity contribution in [1.29, 1.82) is 0 Å². The van der Waals surface area contributed by atoms with Crippen LogP contribution in [0.3, 0.4) is 0 Å². The number of nitrogens with zero attached hydrogens (tertiary/aromatic N) is 1. The minimum absolute atomic E-state index is 0.0578. The molecule has 0 aliphatic carbocycles. The van der Waals surface area contributed by atoms with Gasteiger partial charge in [0.1, 0.15) is 0 Å². The zero-order valence-electron chi connectivity index (χ0n) is 8.30. The van der Waals surface area contributed by atoms with E-state index in [1.54, 1.807) is 12.2 Å². The van der Waals surface area contributed by atoms with Gasteiger partial charge < -0.3 is 9.79 Å². The van der Waals surface area contributed by atoms with Crippen molar-refractivity contribution < 1.29 is 14.4 Å². The Kier molecular flexibility index (Phi) is 6.75. The molecule has 0 aromatic carbocycles. The standard InChI is InChI=1S/C9H18NO3P/c1-3-6-10(7-4-2)8-5-9-14(11,12)13/h3-4H,1-2,5-9H2,(H2,11,12,13). The highest BCUT2D eigenvalue weighted by molar-refractivity contribution is 7.51. The molecule has 14 heavy (non-hydrogen) atoms. The molecule has 0 radical (unpaired) electrons. The van der Waals surface area contributed by atoms with Crippen LogP contribution in [0, 0.1) is 0 Å². The molecule has 0 aromatic rings. The van der Waals surface area contributed by atoms with Crippen LogP contribution in [0.25, 0.3) is 0 Å². The first-order valence-electron chi connectivity index (χ1n) is 4.48. The van der Waals surface area contributed by atoms with Crippen LogP contribution >= 0.6 is 7.60 Å². The molecule has 4 nitrogen and oxygen atoms in total. The van der Waals surface area contributed by atoms with Gasteiger partial charge in [-0.1, -0.05) is 12.2 Å². The van der Waals surface area contributed by atoms with Gasteiger partial charge >= 0.3 is 7.60 Å². The van der Waals surface area contributed by atoms with Crippen LogP contribution < -0.4 is 0 Å². The second-order valence-electron chi connectivity index (χ2n) is 3.08. The molecule has 0 heterocycles. The third-order valence-corrected chi connectivity index (χ3v) is 2.60. The maximum Gasteiger partial charge on any atom is 0.325 e. The van der Waals surface area contributed by atoms with Gasteiger partial charge in [-0.15, -0.1) is 13.2 Å². The molecule has 0 saturated carbocycles. The lowest BCUT2D eigenvalue weighted by Crippen LogP contribution is -2.25. The largest absolute Gasteiger partial charge is 0.325 e. The zero-order valence-corrected chi connectivity index (χ0v) is 9.20. The van der Waals surface area contributed by atoms with Gasteiger partial charge in [0.25, 0.3) is 0 Å². The van der Waals surface area contributed by atoms with Crippen LogP contribution in [0.15, 0.2) is 25.3 Å². The van der Waals surface area contributed by atoms with Crippen molar-refractivity contribution in [1.82, 2.24) is 4.90 Å². The number of hydrogen-bond donors (Lipinski definition) is 2. The van der Waals surface area contributed by atoms with E-state index < -0.39 is 7.60 Å². The highest BCUT2D eigenvalue weighted by Crippen LogP contribution is 2.34. The lowest BCUT2D eigenvalue weighted by atomic mass is 10.4. The van der Waals surface area contributed by atoms with Crippen molar-refractivity contribution >= 4 is 7.60 Å². The molecule has 0 aromatic heterocycles. The van der Waals surface area contributed by atoms with E-state index >= 15 is 0 Å². The Bertz CT molecular complexity index is 214. The van der Waals surface area contributed by atoms with Crippen LogP contribution in [0.1, 0.15) is 6.42 Å². The Morgan fingerprint density at radius 3 is 2.07 bits per heavy atom. The molecule has 0 amide bonds. The predicted octanol–water partition coefficient (Wildman–Crippen LogP) is 1.23. The van der Waals surface area contributed by atoms with Crippen molar-refractivity contribution in [3.05, 3.63) is 25.3 Å². The Balaban J connectivity index is 3.75. The first-order chi connectivity index (χ1) is 6.49. The summed E-state index contributed by atoms with van der Waals surface area (Å²) in [6.07, 6.45) is 3.96. The van der Waals surface area contributed by atoms with Crippen molar-refractivity contribution in [3.8, 4) is 0 Å². The summed E-state index contributed by atoms with van der Waals surface area (Å²) >= 11 is 0. The van der Waals surface area contributed by atoms with Crippen LogP contribution in [-0.4, -0.2) is 40.5 Å². The first kappa shape index (κ1) is 13.6. The third kappa shape index (κ3) is 8.20. The van der Waals surface area contributed by atoms with E-state index in [9.17, 15) is 4.57 Å². The molecule has 2 N–H and O–H groups in total. The summed E-state index contributed by atoms with van der Waals surface area (Å²) in [5.41, 5.74) is 0. The van der Waals surface area contributed by atoms with E-state index in [1.807, 2.05) is 4.90 Å². The summed E-state index contributed by atoms with van der Waals surface area (Å²) in [6.45, 7) is 9.31. The van der Waals surface area contributed by atoms with Gasteiger partial charge in [0.2, 0.25) is 0 Å². The fourth-order valence-electron chi connectivity index (χ4n) is 1.12. The van der Waals surface area contributed by atoms with E-state index in [4.69, 9.17) is 9.79 Å². The molecule has 0 atom stereocenters. The van der Waals surface area contributed by atoms with Crippen LogP contribution in [-0.2, 0) is 4.57 Å². The van der Waals surface area contributed by atoms with Gasteiger partial charge in [0.05, 0.1) is 6.16 Å². The molecule has 0 fully saturated rings. The summed E-state index contributed by atoms with van der Waals surface area (Å²) in [5.74, 6) is 0. The average Bonchev–Trinajstić information content (AvgIpc) is 2.02. The maximum atomic E-state index is 10.6. The normalized spacial score (nSPS) is 11.6. The van der Waals surface area contributed by atoms with Crippen molar-refractivity contribution in [2.75, 3.05) is 25.8 Å². The monoisotopic (exact) mass is 219 g/mol. The SMILES string of the molecule is C=CCN(CC=C)CCCP(=O)(O)O. The number of rotatable bonds is 8. The molecule has 0 aliphatic rings. The van der Waals surface area contributed by atoms with Gasteiger partial charge in [-0.05, 0) is 13.0 Å². The summed E-state index contributed by atoms with van der Waals surface area (Å²) in [7, 11) is -3.84. The molecule has 0 bridgehead atoms. The molecule has 0 saturated heterocycles. The van der Waals surface area contributed by atoms with Crippen LogP contribution in [0.4, 0.5) is 0 Å². The van der Waals surface area contributed by atoms with E-state index in [0.29, 0.717) is 26.1 Å². The van der Waals surface area contributed by atoms with E-state index in [2.05, 4.69) is 13.2 Å². The van der Waals surface area contributed by atoms with Gasteiger partial charge in [-0.25, -0.2) is 0 Å². The highest BCUT2D eigenvalue weighted by atomic mass is 31.2. The average molecular weight is 219 g/mol. The summed E-state index contributed by atoms with van der Waals surface area (Å²) in [5, 5.41) is 0. The van der Waals surface area contributed by atoms with Gasteiger partial charge in [-0.3, -0.25) is 9.46 Å². The summed E-state index contributed by atoms with van der Waals surface area (Å²) in [4.78, 5) is 19.3. The second-order valence-corrected chi connectivity index (χ2v) is 4.86. The molecule has 82 valence electrons. The predicted molar refractivity (Wildman–Crippen MR) is 58.4 cm³/mol. The Morgan fingerprint density at radius 1 is 1.21 bits per heavy atom. The quantitative estimate of drug-likeness (QED) is 0.476. The maximum absolute atomic E-state index is 10.6. The van der Waals surface area contributed by atoms with E-state index in [1.165, 1.54) is 0 Å². The van der Waals surface area contributed by atoms with Gasteiger partial charge in [0.15, 0.2) is 0 Å². The van der Waals surface area contributed by atoms with Crippen molar-refractivity contribution in [3.63, 3.8) is 0 Å². The lowest BCUT2D eigenvalue weighted by molar-refractivity contribution is 0.326. The van der Waals surface area contributed by atoms with Gasteiger partial charge in [0, 0.05) is 13.1 Å².